The molecular formula is C17H21N7. The summed E-state index contributed by atoms with van der Waals surface area (Å²) in [5.74, 6) is 0.853. The fourth-order valence-electron chi connectivity index (χ4n) is 3.16. The molecule has 0 aromatic carbocycles. The molecule has 0 spiro atoms. The highest BCUT2D eigenvalue weighted by Crippen LogP contribution is 2.21. The van der Waals surface area contributed by atoms with Gasteiger partial charge in [0, 0.05) is 31.3 Å². The summed E-state index contributed by atoms with van der Waals surface area (Å²) in [4.78, 5) is 8.64. The van der Waals surface area contributed by atoms with Crippen molar-refractivity contribution in [2.75, 3.05) is 13.1 Å². The maximum Gasteiger partial charge on any atom is 0.162 e. The van der Waals surface area contributed by atoms with E-state index in [1.54, 1.807) is 0 Å². The van der Waals surface area contributed by atoms with Gasteiger partial charge in [-0.3, -0.25) is 4.98 Å². The second-order valence-corrected chi connectivity index (χ2v) is 6.25. The highest BCUT2D eigenvalue weighted by molar-refractivity contribution is 5.48. The SMILES string of the molecule is Cc1cnccc1Cn1ccnc1-c1cn(C2CCNCC2)nn1. The molecule has 1 saturated heterocycles. The topological polar surface area (TPSA) is 73.5 Å². The predicted molar refractivity (Wildman–Crippen MR) is 90.5 cm³/mol. The highest BCUT2D eigenvalue weighted by atomic mass is 15.4. The first-order valence-corrected chi connectivity index (χ1v) is 8.35. The third kappa shape index (κ3) is 2.94. The van der Waals surface area contributed by atoms with E-state index < -0.39 is 0 Å². The molecule has 7 heteroatoms. The van der Waals surface area contributed by atoms with Gasteiger partial charge in [-0.05, 0) is 50.0 Å². The molecule has 0 bridgehead atoms. The zero-order valence-electron chi connectivity index (χ0n) is 13.8. The molecule has 4 heterocycles. The molecule has 4 rings (SSSR count). The monoisotopic (exact) mass is 323 g/mol. The number of nitrogens with one attached hydrogen (secondary N) is 1. The van der Waals surface area contributed by atoms with Crippen molar-refractivity contribution >= 4 is 0 Å². The fourth-order valence-corrected chi connectivity index (χ4v) is 3.16. The lowest BCUT2D eigenvalue weighted by Crippen LogP contribution is -2.29. The molecule has 0 unspecified atom stereocenters. The molecule has 0 aliphatic carbocycles. The smallest absolute Gasteiger partial charge is 0.162 e. The van der Waals surface area contributed by atoms with Crippen molar-refractivity contribution in [3.05, 3.63) is 48.2 Å². The molecule has 1 fully saturated rings. The first-order valence-electron chi connectivity index (χ1n) is 8.35. The van der Waals surface area contributed by atoms with Gasteiger partial charge in [-0.15, -0.1) is 5.10 Å². The van der Waals surface area contributed by atoms with Crippen LogP contribution in [0, 0.1) is 6.92 Å². The molecule has 1 N–H and O–H groups in total. The molecule has 24 heavy (non-hydrogen) atoms. The largest absolute Gasteiger partial charge is 0.325 e. The number of pyridine rings is 1. The Morgan fingerprint density at radius 3 is 2.96 bits per heavy atom. The molecule has 0 radical (unpaired) electrons. The van der Waals surface area contributed by atoms with Crippen LogP contribution < -0.4 is 5.32 Å². The molecule has 0 atom stereocenters. The van der Waals surface area contributed by atoms with Crippen molar-refractivity contribution in [2.45, 2.75) is 32.4 Å². The van der Waals surface area contributed by atoms with Crippen LogP contribution in [0.5, 0.6) is 0 Å². The molecular weight excluding hydrogens is 302 g/mol. The normalized spacial score (nSPS) is 15.7. The lowest BCUT2D eigenvalue weighted by molar-refractivity contribution is 0.337. The number of hydrogen-bond acceptors (Lipinski definition) is 5. The Bertz CT molecular complexity index is 814. The summed E-state index contributed by atoms with van der Waals surface area (Å²) in [5.41, 5.74) is 3.23. The van der Waals surface area contributed by atoms with Crippen LogP contribution in [0.1, 0.15) is 30.0 Å². The summed E-state index contributed by atoms with van der Waals surface area (Å²) in [6.45, 7) is 4.90. The fraction of sp³-hybridized carbons (Fsp3) is 0.412. The van der Waals surface area contributed by atoms with Crippen LogP contribution in [-0.4, -0.2) is 42.6 Å². The maximum atomic E-state index is 4.49. The van der Waals surface area contributed by atoms with Gasteiger partial charge >= 0.3 is 0 Å². The van der Waals surface area contributed by atoms with Gasteiger partial charge in [0.25, 0.3) is 0 Å². The number of hydrogen-bond donors (Lipinski definition) is 1. The Balaban J connectivity index is 1.58. The molecule has 3 aromatic heterocycles. The van der Waals surface area contributed by atoms with Crippen molar-refractivity contribution in [1.29, 1.82) is 0 Å². The van der Waals surface area contributed by atoms with E-state index in [-0.39, 0.29) is 0 Å². The van der Waals surface area contributed by atoms with Crippen LogP contribution in [0.15, 0.2) is 37.1 Å². The van der Waals surface area contributed by atoms with Gasteiger partial charge in [0.05, 0.1) is 12.2 Å². The van der Waals surface area contributed by atoms with Crippen LogP contribution in [-0.2, 0) is 6.54 Å². The van der Waals surface area contributed by atoms with Crippen LogP contribution >= 0.6 is 0 Å². The van der Waals surface area contributed by atoms with Crippen LogP contribution in [0.25, 0.3) is 11.5 Å². The first-order chi connectivity index (χ1) is 11.8. The van der Waals surface area contributed by atoms with Gasteiger partial charge in [-0.25, -0.2) is 9.67 Å². The Labute approximate surface area is 140 Å². The number of piperidine rings is 1. The van der Waals surface area contributed by atoms with E-state index in [1.807, 2.05) is 41.7 Å². The van der Waals surface area contributed by atoms with Crippen molar-refractivity contribution < 1.29 is 0 Å². The molecule has 0 amide bonds. The molecule has 1 aliphatic heterocycles. The van der Waals surface area contributed by atoms with E-state index >= 15 is 0 Å². The van der Waals surface area contributed by atoms with Crippen molar-refractivity contribution in [1.82, 2.24) is 34.8 Å². The zero-order chi connectivity index (χ0) is 16.4. The number of imidazole rings is 1. The standard InChI is InChI=1S/C17H21N7/c1-13-10-19-5-2-14(13)11-23-9-8-20-17(23)16-12-24(22-21-16)15-3-6-18-7-4-15/h2,5,8-10,12,15,18H,3-4,6-7,11H2,1H3. The summed E-state index contributed by atoms with van der Waals surface area (Å²) in [6, 6.07) is 2.48. The van der Waals surface area contributed by atoms with Crippen molar-refractivity contribution in [3.63, 3.8) is 0 Å². The van der Waals surface area contributed by atoms with E-state index in [9.17, 15) is 0 Å². The van der Waals surface area contributed by atoms with Gasteiger partial charge < -0.3 is 9.88 Å². The average molecular weight is 323 g/mol. The van der Waals surface area contributed by atoms with Gasteiger partial charge in [0.1, 0.15) is 5.69 Å². The van der Waals surface area contributed by atoms with Gasteiger partial charge in [0.15, 0.2) is 5.82 Å². The van der Waals surface area contributed by atoms with Crippen LogP contribution in [0.4, 0.5) is 0 Å². The predicted octanol–water partition coefficient (Wildman–Crippen LogP) is 1.82. The van der Waals surface area contributed by atoms with E-state index in [4.69, 9.17) is 0 Å². The number of aromatic nitrogens is 6. The number of aryl methyl sites for hydroxylation is 1. The van der Waals surface area contributed by atoms with E-state index in [1.165, 1.54) is 11.1 Å². The van der Waals surface area contributed by atoms with Crippen molar-refractivity contribution in [2.24, 2.45) is 0 Å². The highest BCUT2D eigenvalue weighted by Gasteiger charge is 2.18. The summed E-state index contributed by atoms with van der Waals surface area (Å²) < 4.78 is 4.10. The van der Waals surface area contributed by atoms with E-state index in [0.29, 0.717) is 6.04 Å². The molecule has 1 aliphatic rings. The van der Waals surface area contributed by atoms with Crippen molar-refractivity contribution in [3.8, 4) is 11.5 Å². The van der Waals surface area contributed by atoms with Gasteiger partial charge in [-0.2, -0.15) is 0 Å². The van der Waals surface area contributed by atoms with Crippen LogP contribution in [0.3, 0.4) is 0 Å². The number of rotatable bonds is 4. The van der Waals surface area contributed by atoms with Gasteiger partial charge in [0.2, 0.25) is 0 Å². The Morgan fingerprint density at radius 2 is 2.12 bits per heavy atom. The minimum atomic E-state index is 0.429. The summed E-state index contributed by atoms with van der Waals surface area (Å²) >= 11 is 0. The minimum absolute atomic E-state index is 0.429. The molecule has 0 saturated carbocycles. The zero-order valence-corrected chi connectivity index (χ0v) is 13.8. The average Bonchev–Trinajstić information content (AvgIpc) is 3.27. The third-order valence-corrected chi connectivity index (χ3v) is 4.61. The summed E-state index contributed by atoms with van der Waals surface area (Å²) in [6.07, 6.45) is 11.7. The Hall–Kier alpha value is -2.54. The first kappa shape index (κ1) is 15.0. The third-order valence-electron chi connectivity index (χ3n) is 4.61. The lowest BCUT2D eigenvalue weighted by Gasteiger charge is -2.22. The Kier molecular flexibility index (Phi) is 4.08. The van der Waals surface area contributed by atoms with Crippen LogP contribution in [0.2, 0.25) is 0 Å². The second kappa shape index (κ2) is 6.52. The minimum Gasteiger partial charge on any atom is -0.325 e. The molecule has 3 aromatic rings. The molecule has 124 valence electrons. The maximum absolute atomic E-state index is 4.49. The summed E-state index contributed by atoms with van der Waals surface area (Å²) in [7, 11) is 0. The van der Waals surface area contributed by atoms with E-state index in [2.05, 4.69) is 37.1 Å². The lowest BCUT2D eigenvalue weighted by atomic mass is 10.1. The van der Waals surface area contributed by atoms with Gasteiger partial charge in [-0.1, -0.05) is 5.21 Å². The quantitative estimate of drug-likeness (QED) is 0.793. The Morgan fingerprint density at radius 1 is 1.25 bits per heavy atom. The van der Waals surface area contributed by atoms with E-state index in [0.717, 1.165) is 44.0 Å². The number of nitrogens with zero attached hydrogens (tertiary/aromatic N) is 6. The summed E-state index contributed by atoms with van der Waals surface area (Å²) in [5, 5.41) is 12.1. The second-order valence-electron chi connectivity index (χ2n) is 6.25. The molecule has 7 nitrogen and oxygen atoms in total.